The molecule has 1 atom stereocenters. The van der Waals surface area contributed by atoms with E-state index in [0.717, 1.165) is 24.5 Å². The van der Waals surface area contributed by atoms with E-state index in [-0.39, 0.29) is 11.8 Å². The molecule has 0 amide bonds. The van der Waals surface area contributed by atoms with Gasteiger partial charge in [-0.25, -0.2) is 13.4 Å². The molecule has 1 aliphatic carbocycles. The second-order valence-electron chi connectivity index (χ2n) is 6.98. The molecule has 8 nitrogen and oxygen atoms in total. The SMILES string of the molecule is Cc1nnc(CN=C(NC(C)CCS(C)(=O)=O)NC2CCCC2)n1C. The van der Waals surface area contributed by atoms with Crippen molar-refractivity contribution in [2.45, 2.75) is 64.6 Å². The van der Waals surface area contributed by atoms with Gasteiger partial charge in [0, 0.05) is 25.4 Å². The van der Waals surface area contributed by atoms with Gasteiger partial charge in [-0.05, 0) is 33.1 Å². The Morgan fingerprint density at radius 3 is 2.60 bits per heavy atom. The summed E-state index contributed by atoms with van der Waals surface area (Å²) in [6, 6.07) is 0.443. The maximum absolute atomic E-state index is 11.4. The summed E-state index contributed by atoms with van der Waals surface area (Å²) >= 11 is 0. The molecule has 9 heteroatoms. The highest BCUT2D eigenvalue weighted by atomic mass is 32.2. The number of hydrogen-bond acceptors (Lipinski definition) is 5. The molecular formula is C16H30N6O2S. The zero-order chi connectivity index (χ0) is 18.4. The van der Waals surface area contributed by atoms with Crippen molar-refractivity contribution in [1.29, 1.82) is 0 Å². The number of aliphatic imine (C=N–C) groups is 1. The highest BCUT2D eigenvalue weighted by molar-refractivity contribution is 7.90. The van der Waals surface area contributed by atoms with Crippen molar-refractivity contribution in [2.24, 2.45) is 12.0 Å². The predicted octanol–water partition coefficient (Wildman–Crippen LogP) is 0.925. The summed E-state index contributed by atoms with van der Waals surface area (Å²) in [6.07, 6.45) is 6.56. The zero-order valence-corrected chi connectivity index (χ0v) is 16.4. The van der Waals surface area contributed by atoms with Crippen LogP contribution in [0.15, 0.2) is 4.99 Å². The monoisotopic (exact) mass is 370 g/mol. The van der Waals surface area contributed by atoms with Crippen LogP contribution in [-0.2, 0) is 23.4 Å². The van der Waals surface area contributed by atoms with E-state index in [1.54, 1.807) is 0 Å². The molecule has 0 spiro atoms. The highest BCUT2D eigenvalue weighted by Crippen LogP contribution is 2.17. The van der Waals surface area contributed by atoms with Gasteiger partial charge < -0.3 is 15.2 Å². The van der Waals surface area contributed by atoms with Crippen LogP contribution in [0.3, 0.4) is 0 Å². The Kier molecular flexibility index (Phi) is 6.80. The van der Waals surface area contributed by atoms with Crippen LogP contribution in [0.4, 0.5) is 0 Å². The second kappa shape index (κ2) is 8.64. The van der Waals surface area contributed by atoms with E-state index in [2.05, 4.69) is 25.8 Å². The second-order valence-corrected chi connectivity index (χ2v) is 9.24. The number of aromatic nitrogens is 3. The molecule has 142 valence electrons. The number of guanidine groups is 1. The van der Waals surface area contributed by atoms with E-state index in [1.807, 2.05) is 25.5 Å². The first-order valence-electron chi connectivity index (χ1n) is 8.84. The molecule has 1 saturated carbocycles. The summed E-state index contributed by atoms with van der Waals surface area (Å²) in [7, 11) is -1.03. The molecule has 25 heavy (non-hydrogen) atoms. The van der Waals surface area contributed by atoms with E-state index in [0.29, 0.717) is 25.0 Å². The Morgan fingerprint density at radius 1 is 1.36 bits per heavy atom. The summed E-state index contributed by atoms with van der Waals surface area (Å²) in [4.78, 5) is 4.64. The molecule has 0 radical (unpaired) electrons. The average Bonchev–Trinajstić information content (AvgIpc) is 3.14. The molecular weight excluding hydrogens is 340 g/mol. The summed E-state index contributed by atoms with van der Waals surface area (Å²) in [5, 5.41) is 15.0. The fraction of sp³-hybridized carbons (Fsp3) is 0.812. The number of sulfone groups is 1. The molecule has 1 heterocycles. The van der Waals surface area contributed by atoms with Gasteiger partial charge in [-0.3, -0.25) is 0 Å². The minimum absolute atomic E-state index is 0.0172. The first kappa shape index (κ1) is 19.7. The lowest BCUT2D eigenvalue weighted by Gasteiger charge is -2.21. The fourth-order valence-corrected chi connectivity index (χ4v) is 3.61. The molecule has 0 saturated heterocycles. The zero-order valence-electron chi connectivity index (χ0n) is 15.6. The lowest BCUT2D eigenvalue weighted by molar-refractivity contribution is 0.564. The largest absolute Gasteiger partial charge is 0.354 e. The predicted molar refractivity (Wildman–Crippen MR) is 99.2 cm³/mol. The lowest BCUT2D eigenvalue weighted by atomic mass is 10.2. The van der Waals surface area contributed by atoms with E-state index < -0.39 is 9.84 Å². The minimum Gasteiger partial charge on any atom is -0.354 e. The smallest absolute Gasteiger partial charge is 0.192 e. The van der Waals surface area contributed by atoms with Gasteiger partial charge in [0.05, 0.1) is 5.75 Å². The Bertz CT molecular complexity index is 691. The van der Waals surface area contributed by atoms with Gasteiger partial charge >= 0.3 is 0 Å². The molecule has 2 N–H and O–H groups in total. The highest BCUT2D eigenvalue weighted by Gasteiger charge is 2.18. The minimum atomic E-state index is -2.96. The third-order valence-corrected chi connectivity index (χ3v) is 5.54. The standard InChI is InChI=1S/C16H30N6O2S/c1-12(9-10-25(4,23)24)18-16(19-14-7-5-6-8-14)17-11-15-21-20-13(2)22(15)3/h12,14H,5-11H2,1-4H3,(H2,17,18,19). The van der Waals surface area contributed by atoms with Gasteiger partial charge in [0.2, 0.25) is 0 Å². The summed E-state index contributed by atoms with van der Waals surface area (Å²) in [5.74, 6) is 2.53. The van der Waals surface area contributed by atoms with Crippen LogP contribution >= 0.6 is 0 Å². The quantitative estimate of drug-likeness (QED) is 0.547. The van der Waals surface area contributed by atoms with E-state index in [9.17, 15) is 8.42 Å². The molecule has 1 aliphatic rings. The molecule has 1 aromatic heterocycles. The van der Waals surface area contributed by atoms with Gasteiger partial charge in [0.1, 0.15) is 22.2 Å². The van der Waals surface area contributed by atoms with Crippen molar-refractivity contribution in [2.75, 3.05) is 12.0 Å². The molecule has 0 aromatic carbocycles. The van der Waals surface area contributed by atoms with Gasteiger partial charge in [-0.15, -0.1) is 10.2 Å². The van der Waals surface area contributed by atoms with Crippen molar-refractivity contribution in [3.63, 3.8) is 0 Å². The maximum Gasteiger partial charge on any atom is 0.192 e. The summed E-state index contributed by atoms with van der Waals surface area (Å²) in [5.41, 5.74) is 0. The first-order chi connectivity index (χ1) is 11.7. The van der Waals surface area contributed by atoms with Crippen molar-refractivity contribution in [3.05, 3.63) is 11.6 Å². The third-order valence-electron chi connectivity index (χ3n) is 4.56. The number of hydrogen-bond donors (Lipinski definition) is 2. The van der Waals surface area contributed by atoms with Crippen molar-refractivity contribution in [3.8, 4) is 0 Å². The van der Waals surface area contributed by atoms with Crippen LogP contribution < -0.4 is 10.6 Å². The average molecular weight is 371 g/mol. The maximum atomic E-state index is 11.4. The van der Waals surface area contributed by atoms with Gasteiger partial charge in [-0.2, -0.15) is 0 Å². The van der Waals surface area contributed by atoms with Crippen LogP contribution in [0.1, 0.15) is 50.7 Å². The van der Waals surface area contributed by atoms with Crippen LogP contribution in [0, 0.1) is 6.92 Å². The molecule has 0 bridgehead atoms. The Labute approximate surface area is 150 Å². The van der Waals surface area contributed by atoms with Crippen LogP contribution in [0.5, 0.6) is 0 Å². The van der Waals surface area contributed by atoms with Gasteiger partial charge in [0.15, 0.2) is 11.8 Å². The topological polar surface area (TPSA) is 101 Å². The molecule has 0 aliphatic heterocycles. The van der Waals surface area contributed by atoms with Crippen LogP contribution in [0.2, 0.25) is 0 Å². The van der Waals surface area contributed by atoms with Crippen molar-refractivity contribution < 1.29 is 8.42 Å². The number of nitrogens with zero attached hydrogens (tertiary/aromatic N) is 4. The van der Waals surface area contributed by atoms with Gasteiger partial charge in [0.25, 0.3) is 0 Å². The Hall–Kier alpha value is -1.64. The molecule has 1 aromatic rings. The third kappa shape index (κ3) is 6.64. The molecule has 1 unspecified atom stereocenters. The normalized spacial score (nSPS) is 17.7. The number of rotatable bonds is 7. The van der Waals surface area contributed by atoms with Crippen LogP contribution in [0.25, 0.3) is 0 Å². The molecule has 1 fully saturated rings. The summed E-state index contributed by atoms with van der Waals surface area (Å²) in [6.45, 7) is 4.31. The Morgan fingerprint density at radius 2 is 2.04 bits per heavy atom. The van der Waals surface area contributed by atoms with E-state index in [1.165, 1.54) is 19.1 Å². The van der Waals surface area contributed by atoms with Crippen molar-refractivity contribution in [1.82, 2.24) is 25.4 Å². The molecule has 2 rings (SSSR count). The fourth-order valence-electron chi connectivity index (χ4n) is 2.83. The van der Waals surface area contributed by atoms with E-state index in [4.69, 9.17) is 0 Å². The van der Waals surface area contributed by atoms with E-state index >= 15 is 0 Å². The lowest BCUT2D eigenvalue weighted by Crippen LogP contribution is -2.46. The number of aryl methyl sites for hydroxylation is 1. The van der Waals surface area contributed by atoms with Crippen LogP contribution in [-0.4, -0.2) is 53.2 Å². The first-order valence-corrected chi connectivity index (χ1v) is 10.9. The van der Waals surface area contributed by atoms with Gasteiger partial charge in [-0.1, -0.05) is 12.8 Å². The number of nitrogens with one attached hydrogen (secondary N) is 2. The Balaban J connectivity index is 2.00. The summed E-state index contributed by atoms with van der Waals surface area (Å²) < 4.78 is 24.6. The van der Waals surface area contributed by atoms with Crippen molar-refractivity contribution >= 4 is 15.8 Å².